The lowest BCUT2D eigenvalue weighted by Crippen LogP contribution is -2.07. The Labute approximate surface area is 196 Å². The average molecular weight is 472 g/mol. The Kier molecular flexibility index (Phi) is 5.25. The molecule has 2 aromatic heterocycles. The first-order valence-electron chi connectivity index (χ1n) is 10.5. The van der Waals surface area contributed by atoms with Crippen molar-refractivity contribution in [2.75, 3.05) is 12.8 Å². The van der Waals surface area contributed by atoms with Gasteiger partial charge in [-0.15, -0.1) is 0 Å². The molecule has 0 saturated carbocycles. The van der Waals surface area contributed by atoms with Crippen LogP contribution in [0.3, 0.4) is 0 Å². The maximum atomic E-state index is 13.7. The third-order valence-corrected chi connectivity index (χ3v) is 7.26. The van der Waals surface area contributed by atoms with Crippen molar-refractivity contribution < 1.29 is 13.2 Å². The molecule has 0 saturated heterocycles. The molecule has 0 aliphatic rings. The first-order chi connectivity index (χ1) is 16.4. The van der Waals surface area contributed by atoms with Crippen molar-refractivity contribution in [1.82, 2.24) is 14.6 Å². The number of ether oxygens (including phenoxy) is 1. The molecular weight excluding hydrogens is 450 g/mol. The minimum Gasteiger partial charge on any atom is -0.496 e. The normalized spacial score (nSPS) is 12.1. The van der Waals surface area contributed by atoms with Gasteiger partial charge >= 0.3 is 0 Å². The number of benzene rings is 3. The number of aromatic nitrogens is 3. The van der Waals surface area contributed by atoms with Gasteiger partial charge in [-0.05, 0) is 48.9 Å². The molecule has 5 aromatic rings. The number of methoxy groups -OCH3 is 1. The summed E-state index contributed by atoms with van der Waals surface area (Å²) in [6, 6.07) is 21.2. The molecule has 0 aliphatic heterocycles. The van der Waals surface area contributed by atoms with E-state index in [2.05, 4.69) is 15.1 Å². The van der Waals surface area contributed by atoms with E-state index >= 15 is 0 Å². The van der Waals surface area contributed by atoms with Crippen LogP contribution in [0.15, 0.2) is 87.7 Å². The zero-order valence-electron chi connectivity index (χ0n) is 18.5. The zero-order valence-corrected chi connectivity index (χ0v) is 19.3. The Hall–Kier alpha value is -4.24. The molecule has 0 bridgehead atoms. The molecule has 170 valence electrons. The van der Waals surface area contributed by atoms with Crippen LogP contribution >= 0.6 is 0 Å². The number of aryl methyl sites for hydroxylation is 1. The second-order valence-corrected chi connectivity index (χ2v) is 9.60. The maximum absolute atomic E-state index is 13.7. The highest BCUT2D eigenvalue weighted by Gasteiger charge is 2.30. The average Bonchev–Trinajstić information content (AvgIpc) is 3.12. The number of hydrogen-bond acceptors (Lipinski definition) is 7. The number of hydrogen-bond donors (Lipinski definition) is 1. The second kappa shape index (κ2) is 8.27. The summed E-state index contributed by atoms with van der Waals surface area (Å²) in [6.07, 6.45) is 1.55. The summed E-state index contributed by atoms with van der Waals surface area (Å²) in [5.74, 6) is 0.545. The summed E-state index contributed by atoms with van der Waals surface area (Å²) in [5.41, 5.74) is 9.51. The molecule has 0 atom stereocenters. The van der Waals surface area contributed by atoms with Gasteiger partial charge in [0, 0.05) is 5.56 Å². The largest absolute Gasteiger partial charge is 0.496 e. The first kappa shape index (κ1) is 21.6. The van der Waals surface area contributed by atoms with E-state index in [1.54, 1.807) is 43.7 Å². The van der Waals surface area contributed by atoms with E-state index in [0.717, 1.165) is 5.56 Å². The van der Waals surface area contributed by atoms with Gasteiger partial charge in [0.15, 0.2) is 5.65 Å². The Morgan fingerprint density at radius 1 is 0.971 bits per heavy atom. The highest BCUT2D eigenvalue weighted by Crippen LogP contribution is 2.35. The van der Waals surface area contributed by atoms with Gasteiger partial charge in [0.25, 0.3) is 0 Å². The van der Waals surface area contributed by atoms with E-state index in [4.69, 9.17) is 10.5 Å². The number of para-hydroxylation sites is 3. The fraction of sp³-hybridized carbons (Fsp3) is 0.0800. The Morgan fingerprint density at radius 3 is 2.41 bits per heavy atom. The van der Waals surface area contributed by atoms with Crippen LogP contribution in [-0.2, 0) is 9.84 Å². The van der Waals surface area contributed by atoms with Gasteiger partial charge in [-0.1, -0.05) is 36.4 Å². The van der Waals surface area contributed by atoms with Crippen LogP contribution < -0.4 is 10.5 Å². The van der Waals surface area contributed by atoms with Crippen LogP contribution in [0.25, 0.3) is 22.2 Å². The smallest absolute Gasteiger partial charge is 0.212 e. The van der Waals surface area contributed by atoms with Gasteiger partial charge in [-0.25, -0.2) is 18.4 Å². The van der Waals surface area contributed by atoms with E-state index in [9.17, 15) is 8.42 Å². The zero-order chi connectivity index (χ0) is 23.9. The topological polar surface area (TPSA) is 112 Å². The Morgan fingerprint density at radius 2 is 1.68 bits per heavy atom. The molecule has 0 spiro atoms. The van der Waals surface area contributed by atoms with Gasteiger partial charge in [-0.3, -0.25) is 0 Å². The molecule has 0 amide bonds. The molecule has 3 aromatic carbocycles. The second-order valence-electron chi connectivity index (χ2n) is 7.72. The SMILES string of the molecule is COc1ccccc1/C=N/n1c(N)c(S(=O)(=O)c2cccc(C)c2)c2nc3ccccc3nc21. The van der Waals surface area contributed by atoms with Gasteiger partial charge in [-0.2, -0.15) is 9.78 Å². The van der Waals surface area contributed by atoms with Crippen molar-refractivity contribution in [3.63, 3.8) is 0 Å². The summed E-state index contributed by atoms with van der Waals surface area (Å²) in [6.45, 7) is 1.83. The summed E-state index contributed by atoms with van der Waals surface area (Å²) in [7, 11) is -2.44. The fourth-order valence-electron chi connectivity index (χ4n) is 3.80. The number of nitrogens with zero attached hydrogens (tertiary/aromatic N) is 4. The van der Waals surface area contributed by atoms with Crippen molar-refractivity contribution in [2.45, 2.75) is 16.7 Å². The number of rotatable bonds is 5. The summed E-state index contributed by atoms with van der Waals surface area (Å²) >= 11 is 0. The number of fused-ring (bicyclic) bond motifs is 2. The number of anilines is 1. The molecule has 2 N–H and O–H groups in total. The van der Waals surface area contributed by atoms with Crippen LogP contribution in [0.1, 0.15) is 11.1 Å². The fourth-order valence-corrected chi connectivity index (χ4v) is 5.39. The minimum absolute atomic E-state index is 0.0713. The van der Waals surface area contributed by atoms with E-state index in [0.29, 0.717) is 22.3 Å². The molecule has 5 rings (SSSR count). The molecule has 0 radical (unpaired) electrons. The molecule has 2 heterocycles. The molecule has 9 heteroatoms. The van der Waals surface area contributed by atoms with Crippen molar-refractivity contribution >= 4 is 44.1 Å². The summed E-state index contributed by atoms with van der Waals surface area (Å²) in [5, 5.41) is 4.48. The van der Waals surface area contributed by atoms with E-state index < -0.39 is 9.84 Å². The third-order valence-electron chi connectivity index (χ3n) is 5.45. The molecule has 0 fully saturated rings. The monoisotopic (exact) mass is 471 g/mol. The van der Waals surface area contributed by atoms with Crippen LogP contribution in [0.2, 0.25) is 0 Å². The van der Waals surface area contributed by atoms with Crippen LogP contribution in [0.5, 0.6) is 5.75 Å². The predicted octanol–water partition coefficient (Wildman–Crippen LogP) is 4.20. The summed E-state index contributed by atoms with van der Waals surface area (Å²) < 4.78 is 34.1. The van der Waals surface area contributed by atoms with Gasteiger partial charge in [0.2, 0.25) is 9.84 Å². The third kappa shape index (κ3) is 3.56. The molecule has 34 heavy (non-hydrogen) atoms. The lowest BCUT2D eigenvalue weighted by Gasteiger charge is -2.06. The van der Waals surface area contributed by atoms with Crippen molar-refractivity contribution in [3.05, 3.63) is 83.9 Å². The Balaban J connectivity index is 1.80. The van der Waals surface area contributed by atoms with Gasteiger partial charge in [0.05, 0.1) is 29.3 Å². The van der Waals surface area contributed by atoms with E-state index in [1.807, 2.05) is 43.3 Å². The quantitative estimate of drug-likeness (QED) is 0.385. The first-order valence-corrected chi connectivity index (χ1v) is 11.9. The number of nitrogens with two attached hydrogens (primary N) is 1. The van der Waals surface area contributed by atoms with Crippen molar-refractivity contribution in [1.29, 1.82) is 0 Å². The van der Waals surface area contributed by atoms with Crippen molar-refractivity contribution in [3.8, 4) is 5.75 Å². The highest BCUT2D eigenvalue weighted by atomic mass is 32.2. The number of nitrogen functional groups attached to an aromatic ring is 1. The molecule has 0 aliphatic carbocycles. The minimum atomic E-state index is -4.01. The van der Waals surface area contributed by atoms with Crippen LogP contribution in [0, 0.1) is 6.92 Å². The van der Waals surface area contributed by atoms with E-state index in [-0.39, 0.29) is 26.8 Å². The molecule has 8 nitrogen and oxygen atoms in total. The van der Waals surface area contributed by atoms with Gasteiger partial charge < -0.3 is 10.5 Å². The van der Waals surface area contributed by atoms with Crippen LogP contribution in [-0.4, -0.2) is 36.4 Å². The van der Waals surface area contributed by atoms with Crippen molar-refractivity contribution in [2.24, 2.45) is 5.10 Å². The Bertz CT molecular complexity index is 1690. The highest BCUT2D eigenvalue weighted by molar-refractivity contribution is 7.92. The maximum Gasteiger partial charge on any atom is 0.212 e. The lowest BCUT2D eigenvalue weighted by atomic mass is 10.2. The molecular formula is C25H21N5O3S. The van der Waals surface area contributed by atoms with E-state index in [1.165, 1.54) is 10.7 Å². The number of sulfone groups is 1. The molecule has 0 unspecified atom stereocenters. The van der Waals surface area contributed by atoms with Crippen LogP contribution in [0.4, 0.5) is 5.82 Å². The summed E-state index contributed by atoms with van der Waals surface area (Å²) in [4.78, 5) is 9.28. The van der Waals surface area contributed by atoms with Gasteiger partial charge in [0.1, 0.15) is 22.0 Å². The standard InChI is InChI=1S/C25H21N5O3S/c1-16-8-7-10-18(14-16)34(31,32)23-22-25(29-20-12-5-4-11-19(20)28-22)30(24(23)26)27-15-17-9-3-6-13-21(17)33-2/h3-15H,26H2,1-2H3/b27-15+. The lowest BCUT2D eigenvalue weighted by molar-refractivity contribution is 0.414. The predicted molar refractivity (Wildman–Crippen MR) is 132 cm³/mol.